The molecule has 1 heterocycles. The number of carbonyl (C=O) groups excluding carboxylic acids is 2. The van der Waals surface area contributed by atoms with E-state index in [2.05, 4.69) is 38.1 Å². The number of hydrogen-bond acceptors (Lipinski definition) is 5. The number of ether oxygens (including phenoxy) is 2. The van der Waals surface area contributed by atoms with Gasteiger partial charge in [0, 0.05) is 6.54 Å². The maximum absolute atomic E-state index is 13.0. The van der Waals surface area contributed by atoms with Crippen LogP contribution >= 0.6 is 0 Å². The fourth-order valence-electron chi connectivity index (χ4n) is 3.42. The smallest absolute Gasteiger partial charge is 0.348 e. The second-order valence-corrected chi connectivity index (χ2v) is 7.67. The minimum atomic E-state index is -0.826. The lowest BCUT2D eigenvalue weighted by Gasteiger charge is -2.34. The number of rotatable bonds is 6. The fourth-order valence-corrected chi connectivity index (χ4v) is 3.42. The number of para-hydroxylation sites is 2. The Kier molecular flexibility index (Phi) is 6.54. The van der Waals surface area contributed by atoms with Crippen LogP contribution in [-0.2, 0) is 20.9 Å². The molecule has 29 heavy (non-hydrogen) atoms. The molecule has 0 spiro atoms. The second kappa shape index (κ2) is 9.09. The summed E-state index contributed by atoms with van der Waals surface area (Å²) < 4.78 is 10.5. The van der Waals surface area contributed by atoms with Gasteiger partial charge in [0.15, 0.2) is 0 Å². The quantitative estimate of drug-likeness (QED) is 0.702. The summed E-state index contributed by atoms with van der Waals surface area (Å²) in [5.41, 5.74) is 3.12. The van der Waals surface area contributed by atoms with Crippen molar-refractivity contribution in [2.45, 2.75) is 32.4 Å². The van der Waals surface area contributed by atoms with Gasteiger partial charge in [-0.3, -0.25) is 9.69 Å². The summed E-state index contributed by atoms with van der Waals surface area (Å²) in [5, 5.41) is 0. The predicted octanol–water partition coefficient (Wildman–Crippen LogP) is 3.21. The van der Waals surface area contributed by atoms with Crippen LogP contribution in [0.15, 0.2) is 48.5 Å². The lowest BCUT2D eigenvalue weighted by atomic mass is 10.0. The van der Waals surface area contributed by atoms with Crippen molar-refractivity contribution in [3.8, 4) is 5.75 Å². The number of esters is 1. The van der Waals surface area contributed by atoms with Gasteiger partial charge >= 0.3 is 5.97 Å². The third-order valence-corrected chi connectivity index (χ3v) is 5.04. The van der Waals surface area contributed by atoms with Crippen molar-refractivity contribution in [1.82, 2.24) is 4.90 Å². The van der Waals surface area contributed by atoms with E-state index in [4.69, 9.17) is 9.47 Å². The van der Waals surface area contributed by atoms with Crippen molar-refractivity contribution < 1.29 is 19.1 Å². The Hall–Kier alpha value is -2.86. The maximum atomic E-state index is 13.0. The minimum Gasteiger partial charge on any atom is -0.475 e. The number of likely N-dealkylation sites (N-methyl/N-ethyl adjacent to an activating group) is 1. The molecule has 0 bridgehead atoms. The SMILES string of the molecule is COC(=O)C1CN(C(=O)CN(C)Cc2ccc(C(C)C)cc2)c2ccccc2O1. The highest BCUT2D eigenvalue weighted by molar-refractivity contribution is 5.98. The highest BCUT2D eigenvalue weighted by Gasteiger charge is 2.34. The lowest BCUT2D eigenvalue weighted by molar-refractivity contribution is -0.148. The van der Waals surface area contributed by atoms with E-state index in [0.29, 0.717) is 23.9 Å². The average molecular weight is 396 g/mol. The molecular formula is C23H28N2O4. The molecule has 1 amide bonds. The monoisotopic (exact) mass is 396 g/mol. The van der Waals surface area contributed by atoms with Crippen molar-refractivity contribution in [1.29, 1.82) is 0 Å². The van der Waals surface area contributed by atoms with Crippen LogP contribution in [-0.4, -0.2) is 50.1 Å². The molecular weight excluding hydrogens is 368 g/mol. The third-order valence-electron chi connectivity index (χ3n) is 5.04. The first-order valence-electron chi connectivity index (χ1n) is 9.80. The van der Waals surface area contributed by atoms with E-state index in [1.54, 1.807) is 11.0 Å². The number of fused-ring (bicyclic) bond motifs is 1. The molecule has 0 radical (unpaired) electrons. The van der Waals surface area contributed by atoms with Crippen LogP contribution < -0.4 is 9.64 Å². The number of anilines is 1. The van der Waals surface area contributed by atoms with Gasteiger partial charge in [0.1, 0.15) is 5.75 Å². The van der Waals surface area contributed by atoms with Gasteiger partial charge in [-0.2, -0.15) is 0 Å². The Morgan fingerprint density at radius 2 is 1.86 bits per heavy atom. The lowest BCUT2D eigenvalue weighted by Crippen LogP contribution is -2.49. The Balaban J connectivity index is 1.69. The predicted molar refractivity (Wildman–Crippen MR) is 112 cm³/mol. The number of methoxy groups -OCH3 is 1. The normalized spacial score (nSPS) is 15.8. The van der Waals surface area contributed by atoms with Gasteiger partial charge in [-0.05, 0) is 36.2 Å². The first-order chi connectivity index (χ1) is 13.9. The summed E-state index contributed by atoms with van der Waals surface area (Å²) >= 11 is 0. The highest BCUT2D eigenvalue weighted by Crippen LogP contribution is 2.33. The molecule has 0 aromatic heterocycles. The summed E-state index contributed by atoms with van der Waals surface area (Å²) in [6.07, 6.45) is -0.826. The highest BCUT2D eigenvalue weighted by atomic mass is 16.6. The van der Waals surface area contributed by atoms with Crippen LogP contribution in [0.3, 0.4) is 0 Å². The summed E-state index contributed by atoms with van der Waals surface area (Å²) in [5.74, 6) is 0.425. The summed E-state index contributed by atoms with van der Waals surface area (Å²) in [7, 11) is 3.23. The van der Waals surface area contributed by atoms with Crippen molar-refractivity contribution in [2.75, 3.05) is 32.1 Å². The first kappa shape index (κ1) is 20.9. The van der Waals surface area contributed by atoms with Gasteiger partial charge in [-0.25, -0.2) is 4.79 Å². The number of nitrogens with zero attached hydrogens (tertiary/aromatic N) is 2. The Morgan fingerprint density at radius 1 is 1.17 bits per heavy atom. The van der Waals surface area contributed by atoms with Crippen molar-refractivity contribution in [3.05, 3.63) is 59.7 Å². The van der Waals surface area contributed by atoms with E-state index in [9.17, 15) is 9.59 Å². The molecule has 2 aromatic carbocycles. The molecule has 1 unspecified atom stereocenters. The Bertz CT molecular complexity index is 863. The van der Waals surface area contributed by atoms with E-state index < -0.39 is 12.1 Å². The molecule has 2 aromatic rings. The second-order valence-electron chi connectivity index (χ2n) is 7.67. The Labute approximate surface area is 172 Å². The van der Waals surface area contributed by atoms with E-state index in [-0.39, 0.29) is 19.0 Å². The molecule has 6 heteroatoms. The molecule has 0 fully saturated rings. The van der Waals surface area contributed by atoms with Gasteiger partial charge in [-0.15, -0.1) is 0 Å². The first-order valence-corrected chi connectivity index (χ1v) is 9.80. The number of hydrogen-bond donors (Lipinski definition) is 0. The van der Waals surface area contributed by atoms with Crippen molar-refractivity contribution >= 4 is 17.6 Å². The standard InChI is InChI=1S/C23H28N2O4/c1-16(2)18-11-9-17(10-12-18)13-24(3)15-22(26)25-14-21(23(27)28-4)29-20-8-6-5-7-19(20)25/h5-12,16,21H,13-15H2,1-4H3. The summed E-state index contributed by atoms with van der Waals surface area (Å²) in [6.45, 7) is 5.37. The van der Waals surface area contributed by atoms with Crippen molar-refractivity contribution in [2.24, 2.45) is 0 Å². The maximum Gasteiger partial charge on any atom is 0.348 e. The molecule has 3 rings (SSSR count). The Morgan fingerprint density at radius 3 is 2.52 bits per heavy atom. The fraction of sp³-hybridized carbons (Fsp3) is 0.391. The van der Waals surface area contributed by atoms with Crippen molar-refractivity contribution in [3.63, 3.8) is 0 Å². The summed E-state index contributed by atoms with van der Waals surface area (Å²) in [6, 6.07) is 15.7. The van der Waals surface area contributed by atoms with Gasteiger partial charge in [-0.1, -0.05) is 50.2 Å². The van der Waals surface area contributed by atoms with E-state index in [0.717, 1.165) is 5.56 Å². The molecule has 1 atom stereocenters. The molecule has 6 nitrogen and oxygen atoms in total. The van der Waals surface area contributed by atoms with Crippen LogP contribution in [0.1, 0.15) is 30.9 Å². The van der Waals surface area contributed by atoms with Gasteiger partial charge < -0.3 is 14.4 Å². The molecule has 0 aliphatic carbocycles. The third kappa shape index (κ3) is 4.95. The molecule has 0 saturated heterocycles. The zero-order valence-corrected chi connectivity index (χ0v) is 17.4. The minimum absolute atomic E-state index is 0.0871. The molecule has 1 aliphatic heterocycles. The molecule has 0 N–H and O–H groups in total. The van der Waals surface area contributed by atoms with Gasteiger partial charge in [0.05, 0.1) is 25.9 Å². The number of amides is 1. The molecule has 1 aliphatic rings. The van der Waals surface area contributed by atoms with Crippen LogP contribution in [0.4, 0.5) is 5.69 Å². The zero-order valence-electron chi connectivity index (χ0n) is 17.4. The topological polar surface area (TPSA) is 59.1 Å². The zero-order chi connectivity index (χ0) is 21.0. The van der Waals surface area contributed by atoms with Crippen LogP contribution in [0.25, 0.3) is 0 Å². The number of carbonyl (C=O) groups is 2. The number of benzene rings is 2. The van der Waals surface area contributed by atoms with Crippen LogP contribution in [0.2, 0.25) is 0 Å². The largest absolute Gasteiger partial charge is 0.475 e. The van der Waals surface area contributed by atoms with Gasteiger partial charge in [0.2, 0.25) is 12.0 Å². The van der Waals surface area contributed by atoms with Gasteiger partial charge in [0.25, 0.3) is 0 Å². The molecule has 154 valence electrons. The molecule has 0 saturated carbocycles. The van der Waals surface area contributed by atoms with Crippen LogP contribution in [0.5, 0.6) is 5.75 Å². The van der Waals surface area contributed by atoms with E-state index in [1.807, 2.05) is 30.1 Å². The summed E-state index contributed by atoms with van der Waals surface area (Å²) in [4.78, 5) is 28.6. The average Bonchev–Trinajstić information content (AvgIpc) is 2.72. The van der Waals surface area contributed by atoms with E-state index >= 15 is 0 Å². The van der Waals surface area contributed by atoms with E-state index in [1.165, 1.54) is 12.7 Å². The van der Waals surface area contributed by atoms with Crippen LogP contribution in [0, 0.1) is 0 Å².